The number of hydrogen-bond donors (Lipinski definition) is 0. The Morgan fingerprint density at radius 2 is 1.58 bits per heavy atom. The van der Waals surface area contributed by atoms with Gasteiger partial charge in [-0.2, -0.15) is 0 Å². The highest BCUT2D eigenvalue weighted by atomic mass is 16.5. The largest absolute Gasteiger partial charge is 0.455 e. The number of oxazole rings is 1. The number of fused-ring (bicyclic) bond motifs is 1. The van der Waals surface area contributed by atoms with Gasteiger partial charge in [0, 0.05) is 16.7 Å². The number of ether oxygens (including phenoxy) is 1. The van der Waals surface area contributed by atoms with Crippen molar-refractivity contribution >= 4 is 16.9 Å². The van der Waals surface area contributed by atoms with Gasteiger partial charge in [0.1, 0.15) is 11.3 Å². The Morgan fingerprint density at radius 1 is 0.879 bits per heavy atom. The monoisotopic (exact) mass is 437 g/mol. The Balaban J connectivity index is 1.45. The first-order chi connectivity index (χ1) is 16.1. The van der Waals surface area contributed by atoms with Crippen molar-refractivity contribution in [2.75, 3.05) is 0 Å². The summed E-state index contributed by atoms with van der Waals surface area (Å²) in [6, 6.07) is 23.7. The van der Waals surface area contributed by atoms with Crippen LogP contribution < -0.4 is 5.43 Å². The van der Waals surface area contributed by atoms with Crippen LogP contribution in [0.5, 0.6) is 0 Å². The fourth-order valence-electron chi connectivity index (χ4n) is 3.65. The number of nitrogens with zero attached hydrogens (tertiary/aromatic N) is 1. The molecule has 0 aliphatic heterocycles. The first-order valence-corrected chi connectivity index (χ1v) is 10.4. The predicted molar refractivity (Wildman–Crippen MR) is 124 cm³/mol. The van der Waals surface area contributed by atoms with Gasteiger partial charge >= 0.3 is 5.97 Å². The molecule has 5 rings (SSSR count). The summed E-state index contributed by atoms with van der Waals surface area (Å²) >= 11 is 0. The van der Waals surface area contributed by atoms with Crippen LogP contribution in [0.1, 0.15) is 21.8 Å². The summed E-state index contributed by atoms with van der Waals surface area (Å²) in [5, 5.41) is 0.323. The lowest BCUT2D eigenvalue weighted by atomic mass is 10.0. The third kappa shape index (κ3) is 3.94. The van der Waals surface area contributed by atoms with Crippen molar-refractivity contribution in [3.8, 4) is 22.6 Å². The van der Waals surface area contributed by atoms with Crippen LogP contribution in [0.2, 0.25) is 0 Å². The van der Waals surface area contributed by atoms with Gasteiger partial charge in [-0.05, 0) is 19.1 Å². The number of carbonyl (C=O) groups is 1. The van der Waals surface area contributed by atoms with Gasteiger partial charge in [-0.15, -0.1) is 0 Å². The highest BCUT2D eigenvalue weighted by Crippen LogP contribution is 2.28. The number of esters is 1. The molecule has 0 radical (unpaired) electrons. The van der Waals surface area contributed by atoms with Gasteiger partial charge in [-0.25, -0.2) is 9.78 Å². The van der Waals surface area contributed by atoms with Crippen LogP contribution in [-0.2, 0) is 11.3 Å². The van der Waals surface area contributed by atoms with Crippen LogP contribution in [0.25, 0.3) is 33.6 Å². The van der Waals surface area contributed by atoms with E-state index in [0.29, 0.717) is 22.5 Å². The van der Waals surface area contributed by atoms with Crippen molar-refractivity contribution in [2.24, 2.45) is 0 Å². The van der Waals surface area contributed by atoms with E-state index in [1.807, 2.05) is 60.7 Å². The third-order valence-corrected chi connectivity index (χ3v) is 5.34. The van der Waals surface area contributed by atoms with Crippen LogP contribution >= 0.6 is 0 Å². The number of aromatic nitrogens is 1. The maximum absolute atomic E-state index is 13.0. The van der Waals surface area contributed by atoms with Gasteiger partial charge in [0.2, 0.25) is 5.89 Å². The molecule has 0 saturated carbocycles. The molecule has 33 heavy (non-hydrogen) atoms. The Hall–Kier alpha value is -4.45. The lowest BCUT2D eigenvalue weighted by Gasteiger charge is -2.10. The van der Waals surface area contributed by atoms with Gasteiger partial charge in [-0.1, -0.05) is 66.7 Å². The van der Waals surface area contributed by atoms with Crippen LogP contribution in [0, 0.1) is 6.92 Å². The topological polar surface area (TPSA) is 82.5 Å². The van der Waals surface area contributed by atoms with E-state index in [0.717, 1.165) is 11.1 Å². The number of hydrogen-bond acceptors (Lipinski definition) is 6. The molecule has 0 aliphatic rings. The summed E-state index contributed by atoms with van der Waals surface area (Å²) in [6.07, 6.45) is 1.59. The summed E-state index contributed by atoms with van der Waals surface area (Å²) in [5.74, 6) is 0.644. The minimum atomic E-state index is -0.633. The number of rotatable bonds is 5. The first kappa shape index (κ1) is 20.5. The third-order valence-electron chi connectivity index (χ3n) is 5.34. The molecule has 2 aromatic heterocycles. The summed E-state index contributed by atoms with van der Waals surface area (Å²) in [6.45, 7) is 1.56. The molecule has 0 unspecified atom stereocenters. The fourth-order valence-corrected chi connectivity index (χ4v) is 3.65. The zero-order chi connectivity index (χ0) is 22.8. The maximum atomic E-state index is 13.0. The van der Waals surface area contributed by atoms with Crippen molar-refractivity contribution in [3.05, 3.63) is 112 Å². The molecule has 6 nitrogen and oxygen atoms in total. The standard InChI is InChI=1S/C27H19NO5/c1-17-24(29)20-13-8-14-21(26(20)33-25(17)19-11-6-3-7-12-19)27(30)31-16-23-28-15-22(32-23)18-9-4-2-5-10-18/h2-15H,16H2,1H3. The van der Waals surface area contributed by atoms with E-state index >= 15 is 0 Å². The van der Waals surface area contributed by atoms with Crippen molar-refractivity contribution < 1.29 is 18.4 Å². The molecular formula is C27H19NO5. The van der Waals surface area contributed by atoms with Gasteiger partial charge < -0.3 is 13.6 Å². The molecule has 162 valence electrons. The van der Waals surface area contributed by atoms with Crippen LogP contribution in [0.4, 0.5) is 0 Å². The second-order valence-electron chi connectivity index (χ2n) is 7.49. The first-order valence-electron chi connectivity index (χ1n) is 10.4. The molecular weight excluding hydrogens is 418 g/mol. The highest BCUT2D eigenvalue weighted by Gasteiger charge is 2.20. The van der Waals surface area contributed by atoms with Gasteiger partial charge in [-0.3, -0.25) is 4.79 Å². The quantitative estimate of drug-likeness (QED) is 0.324. The van der Waals surface area contributed by atoms with Gasteiger partial charge in [0.25, 0.3) is 0 Å². The second-order valence-corrected chi connectivity index (χ2v) is 7.49. The molecule has 0 atom stereocenters. The minimum Gasteiger partial charge on any atom is -0.455 e. The molecule has 0 spiro atoms. The average molecular weight is 437 g/mol. The summed E-state index contributed by atoms with van der Waals surface area (Å²) in [4.78, 5) is 30.1. The van der Waals surface area contributed by atoms with Crippen molar-refractivity contribution in [2.45, 2.75) is 13.5 Å². The van der Waals surface area contributed by atoms with E-state index in [1.165, 1.54) is 0 Å². The predicted octanol–water partition coefficient (Wildman–Crippen LogP) is 5.78. The van der Waals surface area contributed by atoms with E-state index in [9.17, 15) is 9.59 Å². The van der Waals surface area contributed by atoms with Gasteiger partial charge in [0.05, 0.1) is 11.6 Å². The van der Waals surface area contributed by atoms with Crippen molar-refractivity contribution in [3.63, 3.8) is 0 Å². The molecule has 0 bridgehead atoms. The number of carbonyl (C=O) groups excluding carboxylic acids is 1. The Labute approximate surface area is 189 Å². The molecule has 5 aromatic rings. The molecule has 2 heterocycles. The SMILES string of the molecule is Cc1c(-c2ccccc2)oc2c(C(=O)OCc3ncc(-c4ccccc4)o3)cccc2c1=O. The molecule has 0 amide bonds. The minimum absolute atomic E-state index is 0.149. The normalized spacial score (nSPS) is 10.9. The van der Waals surface area contributed by atoms with E-state index < -0.39 is 5.97 Å². The highest BCUT2D eigenvalue weighted by molar-refractivity contribution is 6.02. The van der Waals surface area contributed by atoms with Crippen LogP contribution in [0.15, 0.2) is 98.7 Å². The Kier molecular flexibility index (Phi) is 5.32. The Morgan fingerprint density at radius 3 is 2.30 bits per heavy atom. The zero-order valence-electron chi connectivity index (χ0n) is 17.8. The molecule has 0 aliphatic carbocycles. The lowest BCUT2D eigenvalue weighted by Crippen LogP contribution is -2.11. The molecule has 6 heteroatoms. The summed E-state index contributed by atoms with van der Waals surface area (Å²) in [7, 11) is 0. The summed E-state index contributed by atoms with van der Waals surface area (Å²) < 4.78 is 17.2. The molecule has 0 saturated heterocycles. The van der Waals surface area contributed by atoms with Crippen LogP contribution in [0.3, 0.4) is 0 Å². The number of benzene rings is 3. The summed E-state index contributed by atoms with van der Waals surface area (Å²) in [5.41, 5.74) is 2.27. The van der Waals surface area contributed by atoms with E-state index in [4.69, 9.17) is 13.6 Å². The van der Waals surface area contributed by atoms with Crippen LogP contribution in [-0.4, -0.2) is 11.0 Å². The van der Waals surface area contributed by atoms with Crippen molar-refractivity contribution in [1.82, 2.24) is 4.98 Å². The van der Waals surface area contributed by atoms with E-state index in [-0.39, 0.29) is 29.1 Å². The molecule has 0 N–H and O–H groups in total. The van der Waals surface area contributed by atoms with E-state index in [2.05, 4.69) is 4.98 Å². The van der Waals surface area contributed by atoms with Crippen molar-refractivity contribution in [1.29, 1.82) is 0 Å². The maximum Gasteiger partial charge on any atom is 0.342 e. The molecule has 3 aromatic carbocycles. The lowest BCUT2D eigenvalue weighted by molar-refractivity contribution is 0.0440. The number of para-hydroxylation sites is 1. The smallest absolute Gasteiger partial charge is 0.342 e. The zero-order valence-corrected chi connectivity index (χ0v) is 17.8. The Bertz CT molecular complexity index is 1500. The van der Waals surface area contributed by atoms with Gasteiger partial charge in [0.15, 0.2) is 23.4 Å². The fraction of sp³-hybridized carbons (Fsp3) is 0.0741. The second kappa shape index (κ2) is 8.59. The molecule has 0 fully saturated rings. The van der Waals surface area contributed by atoms with E-state index in [1.54, 1.807) is 31.3 Å². The average Bonchev–Trinajstić information content (AvgIpc) is 3.34.